The zero-order chi connectivity index (χ0) is 16.8. The first-order chi connectivity index (χ1) is 10.2. The van der Waals surface area contributed by atoms with Gasteiger partial charge in [0, 0.05) is 19.1 Å². The second kappa shape index (κ2) is 9.21. The molecule has 0 bridgehead atoms. The maximum Gasteiger partial charge on any atom is 0.279 e. The molecule has 5 nitrogen and oxygen atoms in total. The lowest BCUT2D eigenvalue weighted by molar-refractivity contribution is 0.307. The molecule has 2 atom stereocenters. The van der Waals surface area contributed by atoms with Crippen molar-refractivity contribution in [3.63, 3.8) is 0 Å². The fourth-order valence-corrected chi connectivity index (χ4v) is 4.18. The van der Waals surface area contributed by atoms with Crippen LogP contribution in [-0.4, -0.2) is 44.9 Å². The summed E-state index contributed by atoms with van der Waals surface area (Å²) in [6.07, 6.45) is 2.67. The number of rotatable bonds is 9. The molecule has 2 N–H and O–H groups in total. The summed E-state index contributed by atoms with van der Waals surface area (Å²) in [5.74, 6) is 1.35. The fourth-order valence-electron chi connectivity index (χ4n) is 2.61. The molecular weight excluding hydrogens is 298 g/mol. The molecule has 1 heterocycles. The van der Waals surface area contributed by atoms with Gasteiger partial charge < -0.3 is 5.32 Å². The zero-order valence-corrected chi connectivity index (χ0v) is 15.7. The molecule has 0 aromatic heterocycles. The van der Waals surface area contributed by atoms with Gasteiger partial charge in [-0.15, -0.1) is 0 Å². The molecule has 132 valence electrons. The monoisotopic (exact) mass is 333 g/mol. The number of piperidine rings is 1. The number of nitrogens with zero attached hydrogens (tertiary/aromatic N) is 1. The van der Waals surface area contributed by atoms with Gasteiger partial charge in [-0.3, -0.25) is 0 Å². The quantitative estimate of drug-likeness (QED) is 0.680. The van der Waals surface area contributed by atoms with E-state index in [4.69, 9.17) is 0 Å². The van der Waals surface area contributed by atoms with Crippen molar-refractivity contribution in [3.8, 4) is 0 Å². The van der Waals surface area contributed by atoms with Gasteiger partial charge in [-0.05, 0) is 50.1 Å². The maximum atomic E-state index is 12.8. The first-order valence-electron chi connectivity index (χ1n) is 8.70. The minimum absolute atomic E-state index is 0.0480. The Bertz CT molecular complexity index is 398. The van der Waals surface area contributed by atoms with E-state index in [1.165, 1.54) is 0 Å². The Morgan fingerprint density at radius 2 is 1.68 bits per heavy atom. The first kappa shape index (κ1) is 19.9. The van der Waals surface area contributed by atoms with E-state index in [0.717, 1.165) is 32.4 Å². The Hall–Kier alpha value is -0.170. The molecule has 2 unspecified atom stereocenters. The minimum atomic E-state index is -3.39. The molecule has 1 fully saturated rings. The van der Waals surface area contributed by atoms with Crippen LogP contribution >= 0.6 is 0 Å². The minimum Gasteiger partial charge on any atom is -0.316 e. The van der Waals surface area contributed by atoms with Crippen LogP contribution in [0, 0.1) is 17.8 Å². The van der Waals surface area contributed by atoms with E-state index in [1.54, 1.807) is 4.31 Å². The molecule has 1 saturated heterocycles. The van der Waals surface area contributed by atoms with Gasteiger partial charge >= 0.3 is 0 Å². The molecular formula is C16H35N3O2S. The second-order valence-electron chi connectivity index (χ2n) is 7.46. The van der Waals surface area contributed by atoms with E-state index in [2.05, 4.69) is 44.7 Å². The summed E-state index contributed by atoms with van der Waals surface area (Å²) in [5.41, 5.74) is 0. The Balaban J connectivity index is 2.70. The lowest BCUT2D eigenvalue weighted by Gasteiger charge is -2.32. The van der Waals surface area contributed by atoms with E-state index in [9.17, 15) is 8.42 Å². The van der Waals surface area contributed by atoms with Crippen molar-refractivity contribution in [1.29, 1.82) is 0 Å². The lowest BCUT2D eigenvalue weighted by atomic mass is 9.97. The van der Waals surface area contributed by atoms with Crippen molar-refractivity contribution in [2.45, 2.75) is 59.9 Å². The summed E-state index contributed by atoms with van der Waals surface area (Å²) >= 11 is 0. The lowest BCUT2D eigenvalue weighted by Crippen LogP contribution is -2.52. The van der Waals surface area contributed by atoms with Crippen LogP contribution in [0.25, 0.3) is 0 Å². The number of hydrogen-bond donors (Lipinski definition) is 2. The molecule has 0 aliphatic carbocycles. The van der Waals surface area contributed by atoms with Crippen LogP contribution in [0.15, 0.2) is 0 Å². The highest BCUT2D eigenvalue weighted by atomic mass is 32.2. The molecule has 22 heavy (non-hydrogen) atoms. The van der Waals surface area contributed by atoms with Gasteiger partial charge in [0.05, 0.1) is 0 Å². The Morgan fingerprint density at radius 3 is 2.14 bits per heavy atom. The Kier molecular flexibility index (Phi) is 8.32. The van der Waals surface area contributed by atoms with E-state index in [1.807, 2.05) is 0 Å². The van der Waals surface area contributed by atoms with Gasteiger partial charge in [0.15, 0.2) is 0 Å². The van der Waals surface area contributed by atoms with E-state index in [0.29, 0.717) is 30.8 Å². The van der Waals surface area contributed by atoms with Crippen LogP contribution < -0.4 is 10.0 Å². The highest BCUT2D eigenvalue weighted by Gasteiger charge is 2.29. The van der Waals surface area contributed by atoms with Crippen molar-refractivity contribution < 1.29 is 8.42 Å². The highest BCUT2D eigenvalue weighted by molar-refractivity contribution is 7.87. The number of nitrogens with one attached hydrogen (secondary N) is 2. The van der Waals surface area contributed by atoms with Crippen molar-refractivity contribution in [1.82, 2.24) is 14.3 Å². The normalized spacial score (nSPS) is 23.6. The van der Waals surface area contributed by atoms with E-state index >= 15 is 0 Å². The SMILES string of the molecule is CC(C)CCN(CCC(C)C)S(=O)(=O)NC1CCNCC1C. The third kappa shape index (κ3) is 6.94. The van der Waals surface area contributed by atoms with Crippen LogP contribution in [0.4, 0.5) is 0 Å². The predicted molar refractivity (Wildman–Crippen MR) is 93.0 cm³/mol. The second-order valence-corrected chi connectivity index (χ2v) is 9.17. The standard InChI is InChI=1S/C16H35N3O2S/c1-13(2)7-10-19(11-8-14(3)4)22(20,21)18-16-6-9-17-12-15(16)5/h13-18H,6-12H2,1-5H3. The van der Waals surface area contributed by atoms with Gasteiger partial charge in [0.2, 0.25) is 0 Å². The van der Waals surface area contributed by atoms with Gasteiger partial charge in [0.1, 0.15) is 0 Å². The van der Waals surface area contributed by atoms with Crippen molar-refractivity contribution in [2.75, 3.05) is 26.2 Å². The molecule has 1 rings (SSSR count). The topological polar surface area (TPSA) is 61.4 Å². The predicted octanol–water partition coefficient (Wildman–Crippen LogP) is 2.21. The third-order valence-electron chi connectivity index (χ3n) is 4.34. The summed E-state index contributed by atoms with van der Waals surface area (Å²) < 4.78 is 30.1. The Labute approximate surface area is 137 Å². The molecule has 0 aromatic rings. The van der Waals surface area contributed by atoms with Gasteiger partial charge in [-0.2, -0.15) is 17.4 Å². The van der Waals surface area contributed by atoms with Gasteiger partial charge in [-0.25, -0.2) is 0 Å². The average Bonchev–Trinajstić information content (AvgIpc) is 2.40. The molecule has 6 heteroatoms. The number of hydrogen-bond acceptors (Lipinski definition) is 3. The molecule has 0 amide bonds. The molecule has 0 aromatic carbocycles. The summed E-state index contributed by atoms with van der Waals surface area (Å²) in [6.45, 7) is 13.6. The maximum absolute atomic E-state index is 12.8. The van der Waals surface area contributed by atoms with Gasteiger partial charge in [0.25, 0.3) is 10.2 Å². The van der Waals surface area contributed by atoms with Crippen LogP contribution in [0.5, 0.6) is 0 Å². The van der Waals surface area contributed by atoms with E-state index in [-0.39, 0.29) is 6.04 Å². The molecule has 1 aliphatic rings. The summed E-state index contributed by atoms with van der Waals surface area (Å²) in [6, 6.07) is 0.0480. The summed E-state index contributed by atoms with van der Waals surface area (Å²) in [7, 11) is -3.39. The molecule has 0 spiro atoms. The first-order valence-corrected chi connectivity index (χ1v) is 10.1. The van der Waals surface area contributed by atoms with Gasteiger partial charge in [-0.1, -0.05) is 34.6 Å². The van der Waals surface area contributed by atoms with E-state index < -0.39 is 10.2 Å². The highest BCUT2D eigenvalue weighted by Crippen LogP contribution is 2.15. The summed E-state index contributed by atoms with van der Waals surface area (Å²) in [4.78, 5) is 0. The third-order valence-corrected chi connectivity index (χ3v) is 5.98. The Morgan fingerprint density at radius 1 is 1.14 bits per heavy atom. The summed E-state index contributed by atoms with van der Waals surface area (Å²) in [5, 5.41) is 3.31. The molecule has 0 saturated carbocycles. The van der Waals surface area contributed by atoms with Crippen molar-refractivity contribution in [2.24, 2.45) is 17.8 Å². The largest absolute Gasteiger partial charge is 0.316 e. The average molecular weight is 334 g/mol. The van der Waals surface area contributed by atoms with Crippen molar-refractivity contribution >= 4 is 10.2 Å². The fraction of sp³-hybridized carbons (Fsp3) is 1.00. The van der Waals surface area contributed by atoms with Crippen LogP contribution in [0.1, 0.15) is 53.9 Å². The zero-order valence-electron chi connectivity index (χ0n) is 14.9. The smallest absolute Gasteiger partial charge is 0.279 e. The van der Waals surface area contributed by atoms with Crippen LogP contribution in [0.3, 0.4) is 0 Å². The molecule has 1 aliphatic heterocycles. The molecule has 0 radical (unpaired) electrons. The van der Waals surface area contributed by atoms with Crippen molar-refractivity contribution in [3.05, 3.63) is 0 Å². The van der Waals surface area contributed by atoms with Crippen LogP contribution in [-0.2, 0) is 10.2 Å². The van der Waals surface area contributed by atoms with Crippen LogP contribution in [0.2, 0.25) is 0 Å².